The molecule has 1 spiro atoms. The zero-order chi connectivity index (χ0) is 21.0. The summed E-state index contributed by atoms with van der Waals surface area (Å²) in [5.74, 6) is 2.43. The van der Waals surface area contributed by atoms with Gasteiger partial charge in [-0.15, -0.1) is 0 Å². The normalized spacial score (nSPS) is 18.6. The highest BCUT2D eigenvalue weighted by Crippen LogP contribution is 2.58. The minimum atomic E-state index is -0.727. The fourth-order valence-electron chi connectivity index (χ4n) is 4.83. The van der Waals surface area contributed by atoms with Crippen LogP contribution in [0.5, 0.6) is 11.6 Å². The molecule has 6 heteroatoms. The molecule has 3 aromatic rings. The highest BCUT2D eigenvalue weighted by Gasteiger charge is 2.53. The molecule has 0 radical (unpaired) electrons. The zero-order valence-corrected chi connectivity index (χ0v) is 18.3. The first-order valence-corrected chi connectivity index (χ1v) is 10.6. The van der Waals surface area contributed by atoms with E-state index < -0.39 is 5.60 Å². The van der Waals surface area contributed by atoms with Crippen molar-refractivity contribution in [3.05, 3.63) is 64.7 Å². The van der Waals surface area contributed by atoms with E-state index in [0.717, 1.165) is 47.4 Å². The van der Waals surface area contributed by atoms with E-state index in [4.69, 9.17) is 14.6 Å². The van der Waals surface area contributed by atoms with Crippen molar-refractivity contribution in [3.63, 3.8) is 0 Å². The number of fused-ring (bicyclic) bond motifs is 6. The van der Waals surface area contributed by atoms with Crippen LogP contribution in [0.1, 0.15) is 36.1 Å². The summed E-state index contributed by atoms with van der Waals surface area (Å²) in [6.07, 6.45) is 0. The van der Waals surface area contributed by atoms with Gasteiger partial charge in [0.1, 0.15) is 5.75 Å². The molecule has 2 aliphatic heterocycles. The number of anilines is 2. The molecule has 1 aromatic heterocycles. The highest BCUT2D eigenvalue weighted by molar-refractivity contribution is 5.71. The summed E-state index contributed by atoms with van der Waals surface area (Å²) in [5.41, 5.74) is 4.81. The summed E-state index contributed by atoms with van der Waals surface area (Å²) >= 11 is 0. The predicted molar refractivity (Wildman–Crippen MR) is 119 cm³/mol. The van der Waals surface area contributed by atoms with E-state index in [9.17, 15) is 0 Å². The molecule has 0 amide bonds. The maximum atomic E-state index is 6.69. The first kappa shape index (κ1) is 19.0. The van der Waals surface area contributed by atoms with Crippen molar-refractivity contribution < 1.29 is 9.47 Å². The molecule has 5 rings (SSSR count). The van der Waals surface area contributed by atoms with Crippen LogP contribution in [0, 0.1) is 0 Å². The second-order valence-corrected chi connectivity index (χ2v) is 8.10. The Morgan fingerprint density at radius 3 is 2.57 bits per heavy atom. The Morgan fingerprint density at radius 1 is 1.07 bits per heavy atom. The standard InChI is InChI=1S/C24H28N4O2/c1-6-28(7-2)17-12-13-19-20(14-17)30-23-21(22(26(3)4)25-27(23)5)24(19)18-11-9-8-10-16(18)15-29-24/h8-14H,6-7,15H2,1-5H3. The van der Waals surface area contributed by atoms with E-state index in [2.05, 4.69) is 61.2 Å². The van der Waals surface area contributed by atoms with Gasteiger partial charge in [-0.05, 0) is 37.1 Å². The third-order valence-corrected chi connectivity index (χ3v) is 6.27. The third-order valence-electron chi connectivity index (χ3n) is 6.27. The Morgan fingerprint density at radius 2 is 1.83 bits per heavy atom. The third kappa shape index (κ3) is 2.43. The largest absolute Gasteiger partial charge is 0.438 e. The molecule has 30 heavy (non-hydrogen) atoms. The Kier molecular flexibility index (Phi) is 4.29. The lowest BCUT2D eigenvalue weighted by Crippen LogP contribution is -2.34. The number of hydrogen-bond donors (Lipinski definition) is 0. The molecule has 0 bridgehead atoms. The van der Waals surface area contributed by atoms with E-state index in [1.54, 1.807) is 0 Å². The van der Waals surface area contributed by atoms with E-state index in [0.29, 0.717) is 6.61 Å². The van der Waals surface area contributed by atoms with Crippen LogP contribution in [-0.2, 0) is 24.0 Å². The van der Waals surface area contributed by atoms with Gasteiger partial charge < -0.3 is 19.3 Å². The number of rotatable bonds is 4. The van der Waals surface area contributed by atoms with E-state index >= 15 is 0 Å². The van der Waals surface area contributed by atoms with Gasteiger partial charge in [0, 0.05) is 51.5 Å². The molecule has 2 aromatic carbocycles. The van der Waals surface area contributed by atoms with Crippen LogP contribution in [0.25, 0.3) is 0 Å². The molecule has 2 aliphatic rings. The predicted octanol–water partition coefficient (Wildman–Crippen LogP) is 4.26. The van der Waals surface area contributed by atoms with Crippen LogP contribution in [0.2, 0.25) is 0 Å². The van der Waals surface area contributed by atoms with Gasteiger partial charge in [-0.25, -0.2) is 4.68 Å². The van der Waals surface area contributed by atoms with Crippen LogP contribution in [-0.4, -0.2) is 37.0 Å². The first-order valence-electron chi connectivity index (χ1n) is 10.6. The van der Waals surface area contributed by atoms with E-state index in [1.807, 2.05) is 30.7 Å². The molecule has 156 valence electrons. The molecule has 6 nitrogen and oxygen atoms in total. The van der Waals surface area contributed by atoms with Gasteiger partial charge in [0.15, 0.2) is 11.4 Å². The molecule has 0 fully saturated rings. The Balaban J connectivity index is 1.81. The summed E-state index contributed by atoms with van der Waals surface area (Å²) in [4.78, 5) is 4.35. The van der Waals surface area contributed by atoms with Crippen LogP contribution in [0.15, 0.2) is 42.5 Å². The van der Waals surface area contributed by atoms with E-state index in [-0.39, 0.29) is 0 Å². The molecule has 1 atom stereocenters. The van der Waals surface area contributed by atoms with Crippen molar-refractivity contribution in [2.45, 2.75) is 26.1 Å². The van der Waals surface area contributed by atoms with Crippen molar-refractivity contribution in [1.29, 1.82) is 0 Å². The minimum absolute atomic E-state index is 0.564. The monoisotopic (exact) mass is 404 g/mol. The van der Waals surface area contributed by atoms with E-state index in [1.165, 1.54) is 11.1 Å². The summed E-state index contributed by atoms with van der Waals surface area (Å²) in [5, 5.41) is 4.78. The second-order valence-electron chi connectivity index (χ2n) is 8.10. The Labute approximate surface area is 177 Å². The first-order chi connectivity index (χ1) is 14.5. The summed E-state index contributed by atoms with van der Waals surface area (Å²) in [6.45, 7) is 6.80. The highest BCUT2D eigenvalue weighted by atomic mass is 16.5. The number of nitrogens with zero attached hydrogens (tertiary/aromatic N) is 4. The molecule has 1 unspecified atom stereocenters. The number of benzene rings is 2. The average Bonchev–Trinajstić information content (AvgIpc) is 3.29. The lowest BCUT2D eigenvalue weighted by atomic mass is 9.78. The lowest BCUT2D eigenvalue weighted by molar-refractivity contribution is 0.0199. The van der Waals surface area contributed by atoms with Crippen LogP contribution >= 0.6 is 0 Å². The molecule has 0 saturated heterocycles. The van der Waals surface area contributed by atoms with Crippen molar-refractivity contribution >= 4 is 11.5 Å². The topological polar surface area (TPSA) is 42.8 Å². The minimum Gasteiger partial charge on any atom is -0.438 e. The summed E-state index contributed by atoms with van der Waals surface area (Å²) in [7, 11) is 5.95. The quantitative estimate of drug-likeness (QED) is 0.650. The van der Waals surface area contributed by atoms with Gasteiger partial charge >= 0.3 is 0 Å². The van der Waals surface area contributed by atoms with Crippen molar-refractivity contribution in [1.82, 2.24) is 9.78 Å². The van der Waals surface area contributed by atoms with Gasteiger partial charge in [0.2, 0.25) is 5.88 Å². The molecule has 0 saturated carbocycles. The molecular weight excluding hydrogens is 376 g/mol. The molecular formula is C24H28N4O2. The number of aromatic nitrogens is 2. The van der Waals surface area contributed by atoms with Crippen molar-refractivity contribution in [2.75, 3.05) is 37.0 Å². The fraction of sp³-hybridized carbons (Fsp3) is 0.375. The van der Waals surface area contributed by atoms with Gasteiger partial charge in [-0.2, -0.15) is 5.10 Å². The number of ether oxygens (including phenoxy) is 2. The second kappa shape index (κ2) is 6.77. The summed E-state index contributed by atoms with van der Waals surface area (Å²) in [6, 6.07) is 15.0. The fourth-order valence-corrected chi connectivity index (χ4v) is 4.83. The van der Waals surface area contributed by atoms with Crippen LogP contribution in [0.4, 0.5) is 11.5 Å². The maximum Gasteiger partial charge on any atom is 0.226 e. The SMILES string of the molecule is CCN(CC)c1ccc2c(c1)Oc1c(c(N(C)C)nn1C)C21OCc2ccccc21. The maximum absolute atomic E-state index is 6.69. The Bertz CT molecular complexity index is 1120. The number of aryl methyl sites for hydroxylation is 1. The van der Waals surface area contributed by atoms with Gasteiger partial charge in [0.05, 0.1) is 12.2 Å². The van der Waals surface area contributed by atoms with Gasteiger partial charge in [-0.1, -0.05) is 24.3 Å². The van der Waals surface area contributed by atoms with Crippen molar-refractivity contribution in [3.8, 4) is 11.6 Å². The summed E-state index contributed by atoms with van der Waals surface area (Å²) < 4.78 is 15.0. The smallest absolute Gasteiger partial charge is 0.226 e. The average molecular weight is 405 g/mol. The van der Waals surface area contributed by atoms with Crippen molar-refractivity contribution in [2.24, 2.45) is 7.05 Å². The van der Waals surface area contributed by atoms with Crippen LogP contribution < -0.4 is 14.5 Å². The van der Waals surface area contributed by atoms with Gasteiger partial charge in [0.25, 0.3) is 0 Å². The number of hydrogen-bond acceptors (Lipinski definition) is 5. The lowest BCUT2D eigenvalue weighted by Gasteiger charge is -2.37. The van der Waals surface area contributed by atoms with Crippen LogP contribution in [0.3, 0.4) is 0 Å². The zero-order valence-electron chi connectivity index (χ0n) is 18.3. The Hall–Kier alpha value is -2.99. The molecule has 0 aliphatic carbocycles. The molecule has 3 heterocycles. The molecule has 0 N–H and O–H groups in total. The van der Waals surface area contributed by atoms with Gasteiger partial charge in [-0.3, -0.25) is 0 Å².